The highest BCUT2D eigenvalue weighted by molar-refractivity contribution is 7.98. The summed E-state index contributed by atoms with van der Waals surface area (Å²) in [5.74, 6) is 0.209. The molecular formula is C10H8ClF2N3S. The molecule has 0 spiro atoms. The van der Waals surface area contributed by atoms with Crippen molar-refractivity contribution in [1.82, 2.24) is 15.2 Å². The minimum absolute atomic E-state index is 0.315. The number of H-pyrrole nitrogens is 1. The second kappa shape index (κ2) is 5.46. The normalized spacial score (nSPS) is 11.1. The minimum Gasteiger partial charge on any atom is -0.257 e. The fourth-order valence-electron chi connectivity index (χ4n) is 1.15. The van der Waals surface area contributed by atoms with Crippen molar-refractivity contribution in [3.63, 3.8) is 0 Å². The van der Waals surface area contributed by atoms with Crippen LogP contribution in [0.5, 0.6) is 0 Å². The van der Waals surface area contributed by atoms with E-state index in [9.17, 15) is 8.78 Å². The van der Waals surface area contributed by atoms with E-state index in [1.807, 2.05) is 12.1 Å². The van der Waals surface area contributed by atoms with Crippen molar-refractivity contribution in [2.75, 3.05) is 0 Å². The highest BCUT2D eigenvalue weighted by Gasteiger charge is 2.12. The summed E-state index contributed by atoms with van der Waals surface area (Å²) in [6.07, 6.45) is -2.62. The van der Waals surface area contributed by atoms with Crippen molar-refractivity contribution in [2.24, 2.45) is 0 Å². The predicted octanol–water partition coefficient (Wildman–Crippen LogP) is 3.69. The number of thioether (sulfide) groups is 1. The smallest absolute Gasteiger partial charge is 0.257 e. The predicted molar refractivity (Wildman–Crippen MR) is 62.4 cm³/mol. The maximum atomic E-state index is 12.2. The van der Waals surface area contributed by atoms with Crippen molar-refractivity contribution in [2.45, 2.75) is 17.3 Å². The molecule has 90 valence electrons. The molecule has 0 amide bonds. The lowest BCUT2D eigenvalue weighted by Gasteiger charge is -1.98. The van der Waals surface area contributed by atoms with Crippen LogP contribution in [0.2, 0.25) is 5.02 Å². The van der Waals surface area contributed by atoms with E-state index in [1.165, 1.54) is 11.8 Å². The van der Waals surface area contributed by atoms with Crippen molar-refractivity contribution in [3.05, 3.63) is 40.7 Å². The van der Waals surface area contributed by atoms with Gasteiger partial charge in [0, 0.05) is 10.8 Å². The monoisotopic (exact) mass is 275 g/mol. The highest BCUT2D eigenvalue weighted by atomic mass is 35.5. The van der Waals surface area contributed by atoms with Gasteiger partial charge in [-0.05, 0) is 17.7 Å². The zero-order chi connectivity index (χ0) is 12.3. The molecule has 0 aliphatic heterocycles. The van der Waals surface area contributed by atoms with Gasteiger partial charge in [0.2, 0.25) is 5.16 Å². The Labute approximate surface area is 106 Å². The van der Waals surface area contributed by atoms with Gasteiger partial charge in [-0.15, -0.1) is 5.10 Å². The molecular weight excluding hydrogens is 268 g/mol. The first-order valence-electron chi connectivity index (χ1n) is 4.73. The van der Waals surface area contributed by atoms with Crippen LogP contribution in [0.4, 0.5) is 8.78 Å². The van der Waals surface area contributed by atoms with Crippen molar-refractivity contribution < 1.29 is 8.78 Å². The Morgan fingerprint density at radius 3 is 2.59 bits per heavy atom. The van der Waals surface area contributed by atoms with E-state index >= 15 is 0 Å². The zero-order valence-electron chi connectivity index (χ0n) is 8.53. The van der Waals surface area contributed by atoms with E-state index in [2.05, 4.69) is 15.2 Å². The number of benzene rings is 1. The van der Waals surface area contributed by atoms with Crippen LogP contribution in [0, 0.1) is 0 Å². The summed E-state index contributed by atoms with van der Waals surface area (Å²) in [7, 11) is 0. The summed E-state index contributed by atoms with van der Waals surface area (Å²) in [5.41, 5.74) is 1.03. The topological polar surface area (TPSA) is 41.6 Å². The van der Waals surface area contributed by atoms with Gasteiger partial charge in [-0.2, -0.15) is 0 Å². The van der Waals surface area contributed by atoms with E-state index in [0.29, 0.717) is 15.9 Å². The molecule has 2 aromatic rings. The van der Waals surface area contributed by atoms with Crippen LogP contribution < -0.4 is 0 Å². The number of alkyl halides is 2. The van der Waals surface area contributed by atoms with E-state index in [0.717, 1.165) is 5.56 Å². The lowest BCUT2D eigenvalue weighted by molar-refractivity contribution is 0.140. The Kier molecular flexibility index (Phi) is 3.96. The molecule has 0 aliphatic rings. The van der Waals surface area contributed by atoms with Crippen LogP contribution in [0.25, 0.3) is 0 Å². The summed E-state index contributed by atoms with van der Waals surface area (Å²) >= 11 is 7.03. The number of rotatable bonds is 4. The largest absolute Gasteiger partial charge is 0.296 e. The standard InChI is InChI=1S/C10H8ClF2N3S/c11-7-3-1-6(2-4-7)5-17-10-14-9(8(12)13)15-16-10/h1-4,8H,5H2,(H,14,15,16). The average Bonchev–Trinajstić information content (AvgIpc) is 2.77. The summed E-state index contributed by atoms with van der Waals surface area (Å²) in [6, 6.07) is 7.30. The maximum Gasteiger partial charge on any atom is 0.296 e. The third-order valence-corrected chi connectivity index (χ3v) is 3.14. The van der Waals surface area contributed by atoms with Crippen LogP contribution in [-0.2, 0) is 5.75 Å². The fourth-order valence-corrected chi connectivity index (χ4v) is 2.04. The lowest BCUT2D eigenvalue weighted by atomic mass is 10.2. The number of hydrogen-bond donors (Lipinski definition) is 1. The molecule has 0 saturated carbocycles. The Balaban J connectivity index is 1.95. The molecule has 17 heavy (non-hydrogen) atoms. The summed E-state index contributed by atoms with van der Waals surface area (Å²) in [6.45, 7) is 0. The van der Waals surface area contributed by atoms with Gasteiger partial charge >= 0.3 is 0 Å². The third-order valence-electron chi connectivity index (χ3n) is 1.97. The van der Waals surface area contributed by atoms with Gasteiger partial charge in [-0.1, -0.05) is 35.5 Å². The Bertz CT molecular complexity index is 487. The van der Waals surface area contributed by atoms with Crippen LogP contribution in [-0.4, -0.2) is 15.2 Å². The molecule has 1 aromatic carbocycles. The molecule has 0 atom stereocenters. The molecule has 3 nitrogen and oxygen atoms in total. The number of nitrogens with zero attached hydrogens (tertiary/aromatic N) is 2. The lowest BCUT2D eigenvalue weighted by Crippen LogP contribution is -1.86. The van der Waals surface area contributed by atoms with Crippen molar-refractivity contribution >= 4 is 23.4 Å². The molecule has 0 bridgehead atoms. The van der Waals surface area contributed by atoms with Crippen LogP contribution in [0.1, 0.15) is 17.8 Å². The molecule has 0 fully saturated rings. The van der Waals surface area contributed by atoms with Crippen LogP contribution >= 0.6 is 23.4 Å². The average molecular weight is 276 g/mol. The Morgan fingerprint density at radius 1 is 1.29 bits per heavy atom. The first-order chi connectivity index (χ1) is 8.15. The number of aromatic nitrogens is 3. The Hall–Kier alpha value is -1.14. The van der Waals surface area contributed by atoms with Crippen LogP contribution in [0.3, 0.4) is 0 Å². The second-order valence-corrected chi connectivity index (χ2v) is 4.60. The number of hydrogen-bond acceptors (Lipinski definition) is 3. The van der Waals surface area contributed by atoms with Crippen molar-refractivity contribution in [3.8, 4) is 0 Å². The summed E-state index contributed by atoms with van der Waals surface area (Å²) in [4.78, 5) is 3.66. The van der Waals surface area contributed by atoms with Gasteiger partial charge in [0.05, 0.1) is 0 Å². The first-order valence-corrected chi connectivity index (χ1v) is 6.09. The molecule has 0 unspecified atom stereocenters. The van der Waals surface area contributed by atoms with Gasteiger partial charge in [-0.25, -0.2) is 13.8 Å². The first kappa shape index (κ1) is 12.3. The van der Waals surface area contributed by atoms with Gasteiger partial charge in [0.1, 0.15) is 0 Å². The van der Waals surface area contributed by atoms with Crippen molar-refractivity contribution in [1.29, 1.82) is 0 Å². The number of nitrogens with one attached hydrogen (secondary N) is 1. The summed E-state index contributed by atoms with van der Waals surface area (Å²) in [5, 5.41) is 6.87. The maximum absolute atomic E-state index is 12.2. The van der Waals surface area contributed by atoms with E-state index < -0.39 is 12.2 Å². The quantitative estimate of drug-likeness (QED) is 0.865. The zero-order valence-corrected chi connectivity index (χ0v) is 10.1. The molecule has 0 radical (unpaired) electrons. The van der Waals surface area contributed by atoms with Crippen LogP contribution in [0.15, 0.2) is 29.4 Å². The second-order valence-electron chi connectivity index (χ2n) is 3.22. The van der Waals surface area contributed by atoms with E-state index in [-0.39, 0.29) is 0 Å². The molecule has 1 aromatic heterocycles. The Morgan fingerprint density at radius 2 is 2.00 bits per heavy atom. The van der Waals surface area contributed by atoms with Gasteiger partial charge in [-0.3, -0.25) is 5.10 Å². The van der Waals surface area contributed by atoms with E-state index in [1.54, 1.807) is 12.1 Å². The molecule has 0 aliphatic carbocycles. The number of halogens is 3. The molecule has 0 saturated heterocycles. The third kappa shape index (κ3) is 3.41. The van der Waals surface area contributed by atoms with Gasteiger partial charge in [0.15, 0.2) is 5.82 Å². The molecule has 7 heteroatoms. The van der Waals surface area contributed by atoms with E-state index in [4.69, 9.17) is 11.6 Å². The highest BCUT2D eigenvalue weighted by Crippen LogP contribution is 2.22. The van der Waals surface area contributed by atoms with Gasteiger partial charge in [0.25, 0.3) is 6.43 Å². The number of aromatic amines is 1. The van der Waals surface area contributed by atoms with Gasteiger partial charge < -0.3 is 0 Å². The molecule has 1 N–H and O–H groups in total. The molecule has 1 heterocycles. The fraction of sp³-hybridized carbons (Fsp3) is 0.200. The SMILES string of the molecule is FC(F)c1nc(SCc2ccc(Cl)cc2)n[nH]1. The molecule has 2 rings (SSSR count). The minimum atomic E-state index is -2.62. The summed E-state index contributed by atoms with van der Waals surface area (Å²) < 4.78 is 24.5.